The first kappa shape index (κ1) is 15.1. The Hall–Kier alpha value is -1.84. The molecule has 5 heteroatoms. The second kappa shape index (κ2) is 6.51. The summed E-state index contributed by atoms with van der Waals surface area (Å²) in [5.74, 6) is 1.08. The van der Waals surface area contributed by atoms with Crippen molar-refractivity contribution in [2.45, 2.75) is 12.8 Å². The van der Waals surface area contributed by atoms with Crippen molar-refractivity contribution >= 4 is 39.8 Å². The molecule has 0 saturated carbocycles. The third-order valence-electron chi connectivity index (χ3n) is 3.62. The molecular weight excluding hydrogens is 317 g/mol. The predicted octanol–water partition coefficient (Wildman–Crippen LogP) is 5.15. The van der Waals surface area contributed by atoms with Gasteiger partial charge < -0.3 is 5.32 Å². The molecule has 3 aromatic rings. The van der Waals surface area contributed by atoms with Crippen molar-refractivity contribution in [3.05, 3.63) is 64.3 Å². The SMILES string of the molecule is CC(CNc1nncc2cc(Cl)ccc12)c1cccc(Cl)c1. The van der Waals surface area contributed by atoms with Crippen LogP contribution in [0.5, 0.6) is 0 Å². The fourth-order valence-electron chi connectivity index (χ4n) is 2.37. The fourth-order valence-corrected chi connectivity index (χ4v) is 2.75. The molecule has 0 amide bonds. The van der Waals surface area contributed by atoms with Crippen LogP contribution in [0.25, 0.3) is 10.8 Å². The van der Waals surface area contributed by atoms with Gasteiger partial charge in [-0.1, -0.05) is 42.3 Å². The predicted molar refractivity (Wildman–Crippen MR) is 92.9 cm³/mol. The van der Waals surface area contributed by atoms with Crippen LogP contribution < -0.4 is 5.32 Å². The summed E-state index contributed by atoms with van der Waals surface area (Å²) in [4.78, 5) is 0. The van der Waals surface area contributed by atoms with Gasteiger partial charge in [0.05, 0.1) is 6.20 Å². The second-order valence-corrected chi connectivity index (χ2v) is 6.13. The number of nitrogens with zero attached hydrogens (tertiary/aromatic N) is 2. The zero-order valence-corrected chi connectivity index (χ0v) is 13.6. The van der Waals surface area contributed by atoms with Crippen LogP contribution in [0.1, 0.15) is 18.4 Å². The van der Waals surface area contributed by atoms with Crippen molar-refractivity contribution in [2.75, 3.05) is 11.9 Å². The molecule has 0 saturated heterocycles. The molecule has 1 aromatic heterocycles. The number of nitrogens with one attached hydrogen (secondary N) is 1. The molecule has 1 heterocycles. The minimum Gasteiger partial charge on any atom is -0.367 e. The van der Waals surface area contributed by atoms with Crippen molar-refractivity contribution in [1.82, 2.24) is 10.2 Å². The maximum atomic E-state index is 6.04. The molecule has 0 bridgehead atoms. The van der Waals surface area contributed by atoms with Gasteiger partial charge in [0.2, 0.25) is 0 Å². The monoisotopic (exact) mass is 331 g/mol. The van der Waals surface area contributed by atoms with Crippen LogP contribution in [-0.2, 0) is 0 Å². The maximum absolute atomic E-state index is 6.04. The van der Waals surface area contributed by atoms with Crippen LogP contribution in [0, 0.1) is 0 Å². The lowest BCUT2D eigenvalue weighted by Crippen LogP contribution is -2.11. The molecule has 0 aliphatic rings. The van der Waals surface area contributed by atoms with Gasteiger partial charge in [0.1, 0.15) is 0 Å². The molecule has 3 nitrogen and oxygen atoms in total. The van der Waals surface area contributed by atoms with Crippen LogP contribution in [0.3, 0.4) is 0 Å². The first-order valence-corrected chi connectivity index (χ1v) is 7.79. The van der Waals surface area contributed by atoms with Gasteiger partial charge >= 0.3 is 0 Å². The zero-order chi connectivity index (χ0) is 15.5. The van der Waals surface area contributed by atoms with E-state index in [9.17, 15) is 0 Å². The topological polar surface area (TPSA) is 37.8 Å². The molecule has 0 aliphatic heterocycles. The number of aromatic nitrogens is 2. The number of hydrogen-bond donors (Lipinski definition) is 1. The zero-order valence-electron chi connectivity index (χ0n) is 12.1. The van der Waals surface area contributed by atoms with E-state index in [0.29, 0.717) is 10.9 Å². The highest BCUT2D eigenvalue weighted by Gasteiger charge is 2.08. The van der Waals surface area contributed by atoms with Gasteiger partial charge in [-0.3, -0.25) is 0 Å². The molecular formula is C17H15Cl2N3. The molecule has 3 rings (SSSR count). The summed E-state index contributed by atoms with van der Waals surface area (Å²) in [6, 6.07) is 13.6. The van der Waals surface area contributed by atoms with Crippen LogP contribution in [0.2, 0.25) is 10.0 Å². The molecule has 112 valence electrons. The van der Waals surface area contributed by atoms with Crippen molar-refractivity contribution in [2.24, 2.45) is 0 Å². The number of hydrogen-bond acceptors (Lipinski definition) is 3. The lowest BCUT2D eigenvalue weighted by Gasteiger charge is -2.14. The Balaban J connectivity index is 1.79. The van der Waals surface area contributed by atoms with E-state index in [1.807, 2.05) is 36.4 Å². The Labute approximate surface area is 139 Å². The first-order chi connectivity index (χ1) is 10.6. The normalized spacial score (nSPS) is 12.3. The van der Waals surface area contributed by atoms with Crippen LogP contribution >= 0.6 is 23.2 Å². The number of anilines is 1. The van der Waals surface area contributed by atoms with Gasteiger partial charge in [-0.05, 0) is 41.8 Å². The van der Waals surface area contributed by atoms with Crippen LogP contribution in [-0.4, -0.2) is 16.7 Å². The van der Waals surface area contributed by atoms with E-state index in [1.54, 1.807) is 6.20 Å². The van der Waals surface area contributed by atoms with Gasteiger partial charge in [-0.25, -0.2) is 0 Å². The van der Waals surface area contributed by atoms with Crippen LogP contribution in [0.15, 0.2) is 48.7 Å². The molecule has 0 aliphatic carbocycles. The number of benzene rings is 2. The largest absolute Gasteiger partial charge is 0.367 e. The Morgan fingerprint density at radius 1 is 1.09 bits per heavy atom. The summed E-state index contributed by atoms with van der Waals surface area (Å²) in [6.07, 6.45) is 1.72. The van der Waals surface area contributed by atoms with E-state index in [-0.39, 0.29) is 0 Å². The van der Waals surface area contributed by atoms with Gasteiger partial charge in [0, 0.05) is 27.4 Å². The summed E-state index contributed by atoms with van der Waals surface area (Å²) in [6.45, 7) is 2.89. The standard InChI is InChI=1S/C17H15Cl2N3/c1-11(12-3-2-4-14(18)7-12)9-20-17-16-6-5-15(19)8-13(16)10-21-22-17/h2-8,10-11H,9H2,1H3,(H,20,22). The summed E-state index contributed by atoms with van der Waals surface area (Å²) in [5.41, 5.74) is 1.19. The fraction of sp³-hybridized carbons (Fsp3) is 0.176. The molecule has 0 spiro atoms. The lowest BCUT2D eigenvalue weighted by atomic mass is 10.0. The highest BCUT2D eigenvalue weighted by molar-refractivity contribution is 6.31. The first-order valence-electron chi connectivity index (χ1n) is 7.04. The molecule has 22 heavy (non-hydrogen) atoms. The van der Waals surface area contributed by atoms with E-state index in [4.69, 9.17) is 23.2 Å². The number of halogens is 2. The number of fused-ring (bicyclic) bond motifs is 1. The van der Waals surface area contributed by atoms with Gasteiger partial charge in [-0.15, -0.1) is 5.10 Å². The minimum absolute atomic E-state index is 0.308. The van der Waals surface area contributed by atoms with Crippen molar-refractivity contribution < 1.29 is 0 Å². The highest BCUT2D eigenvalue weighted by atomic mass is 35.5. The smallest absolute Gasteiger partial charge is 0.156 e. The molecule has 1 atom stereocenters. The van der Waals surface area contributed by atoms with Crippen LogP contribution in [0.4, 0.5) is 5.82 Å². The maximum Gasteiger partial charge on any atom is 0.156 e. The van der Waals surface area contributed by atoms with Gasteiger partial charge in [-0.2, -0.15) is 5.10 Å². The van der Waals surface area contributed by atoms with Gasteiger partial charge in [0.15, 0.2) is 5.82 Å². The van der Waals surface area contributed by atoms with Gasteiger partial charge in [0.25, 0.3) is 0 Å². The number of rotatable bonds is 4. The lowest BCUT2D eigenvalue weighted by molar-refractivity contribution is 0.799. The average Bonchev–Trinajstić information content (AvgIpc) is 2.52. The third-order valence-corrected chi connectivity index (χ3v) is 4.09. The van der Waals surface area contributed by atoms with Crippen molar-refractivity contribution in [1.29, 1.82) is 0 Å². The molecule has 0 fully saturated rings. The third kappa shape index (κ3) is 3.32. The molecule has 2 aromatic carbocycles. The summed E-state index contributed by atoms with van der Waals surface area (Å²) in [5, 5.41) is 15.0. The highest BCUT2D eigenvalue weighted by Crippen LogP contribution is 2.25. The summed E-state index contributed by atoms with van der Waals surface area (Å²) in [7, 11) is 0. The second-order valence-electron chi connectivity index (χ2n) is 5.26. The van der Waals surface area contributed by atoms with E-state index in [0.717, 1.165) is 28.2 Å². The Kier molecular flexibility index (Phi) is 4.46. The Morgan fingerprint density at radius 3 is 2.73 bits per heavy atom. The van der Waals surface area contributed by atoms with E-state index in [2.05, 4.69) is 28.5 Å². The summed E-state index contributed by atoms with van der Waals surface area (Å²) >= 11 is 12.1. The van der Waals surface area contributed by atoms with E-state index in [1.165, 1.54) is 5.56 Å². The molecule has 1 unspecified atom stereocenters. The van der Waals surface area contributed by atoms with E-state index < -0.39 is 0 Å². The van der Waals surface area contributed by atoms with Crippen molar-refractivity contribution in [3.63, 3.8) is 0 Å². The summed E-state index contributed by atoms with van der Waals surface area (Å²) < 4.78 is 0. The molecule has 1 N–H and O–H groups in total. The Morgan fingerprint density at radius 2 is 1.91 bits per heavy atom. The average molecular weight is 332 g/mol. The van der Waals surface area contributed by atoms with E-state index >= 15 is 0 Å². The van der Waals surface area contributed by atoms with Crippen molar-refractivity contribution in [3.8, 4) is 0 Å². The quantitative estimate of drug-likeness (QED) is 0.718. The minimum atomic E-state index is 0.308. The Bertz CT molecular complexity index is 805. The molecule has 0 radical (unpaired) electrons.